The van der Waals surface area contributed by atoms with E-state index in [-0.39, 0.29) is 5.91 Å². The van der Waals surface area contributed by atoms with Crippen molar-refractivity contribution in [3.05, 3.63) is 41.3 Å². The monoisotopic (exact) mass is 343 g/mol. The highest BCUT2D eigenvalue weighted by Crippen LogP contribution is 2.15. The van der Waals surface area contributed by atoms with Crippen LogP contribution in [0.3, 0.4) is 0 Å². The molecule has 0 aromatic carbocycles. The summed E-state index contributed by atoms with van der Waals surface area (Å²) in [5.41, 5.74) is 3.21. The van der Waals surface area contributed by atoms with Crippen LogP contribution in [0.5, 0.6) is 0 Å². The fourth-order valence-corrected chi connectivity index (χ4v) is 2.93. The Morgan fingerprint density at radius 1 is 1.28 bits per heavy atom. The van der Waals surface area contributed by atoms with E-state index in [9.17, 15) is 4.79 Å². The second-order valence-corrected chi connectivity index (χ2v) is 6.36. The number of rotatable bonds is 8. The summed E-state index contributed by atoms with van der Waals surface area (Å²) < 4.78 is 1.79. The molecular formula is C19H29N5O. The van der Waals surface area contributed by atoms with Gasteiger partial charge in [-0.05, 0) is 44.9 Å². The van der Waals surface area contributed by atoms with Gasteiger partial charge in [0.05, 0.1) is 5.69 Å². The first-order valence-corrected chi connectivity index (χ1v) is 8.87. The normalized spacial score (nSPS) is 10.8. The van der Waals surface area contributed by atoms with Gasteiger partial charge in [0.25, 0.3) is 0 Å². The van der Waals surface area contributed by atoms with Crippen LogP contribution in [-0.4, -0.2) is 45.7 Å². The van der Waals surface area contributed by atoms with E-state index in [4.69, 9.17) is 0 Å². The molecule has 0 saturated heterocycles. The van der Waals surface area contributed by atoms with E-state index in [2.05, 4.69) is 34.9 Å². The average molecular weight is 343 g/mol. The van der Waals surface area contributed by atoms with Crippen molar-refractivity contribution in [2.24, 2.45) is 7.05 Å². The number of carbonyl (C=O) groups excluding carboxylic acids is 1. The molecule has 136 valence electrons. The first-order valence-electron chi connectivity index (χ1n) is 8.87. The SMILES string of the molecule is CCN(CC)c1cc(CCC(=O)N(C)Cc2cn(C)nc2C)ccn1. The number of anilines is 1. The molecule has 25 heavy (non-hydrogen) atoms. The Kier molecular flexibility index (Phi) is 6.56. The molecular weight excluding hydrogens is 314 g/mol. The van der Waals surface area contributed by atoms with Crippen LogP contribution in [0.25, 0.3) is 0 Å². The molecule has 0 atom stereocenters. The topological polar surface area (TPSA) is 54.3 Å². The summed E-state index contributed by atoms with van der Waals surface area (Å²) in [5.74, 6) is 1.12. The number of carbonyl (C=O) groups is 1. The standard InChI is InChI=1S/C19H29N5O/c1-6-24(7-2)18-12-16(10-11-20-18)8-9-19(25)22(4)13-17-14-23(5)21-15(17)3/h10-12,14H,6-9,13H2,1-5H3. The molecule has 0 aliphatic rings. The van der Waals surface area contributed by atoms with Crippen molar-refractivity contribution in [3.8, 4) is 0 Å². The Balaban J connectivity index is 1.93. The first-order chi connectivity index (χ1) is 11.9. The van der Waals surface area contributed by atoms with E-state index in [0.717, 1.165) is 42.1 Å². The van der Waals surface area contributed by atoms with Crippen molar-refractivity contribution in [3.63, 3.8) is 0 Å². The predicted molar refractivity (Wildman–Crippen MR) is 101 cm³/mol. The molecule has 0 spiro atoms. The lowest BCUT2D eigenvalue weighted by Crippen LogP contribution is -2.26. The van der Waals surface area contributed by atoms with Crippen molar-refractivity contribution < 1.29 is 4.79 Å². The summed E-state index contributed by atoms with van der Waals surface area (Å²) in [4.78, 5) is 20.9. The lowest BCUT2D eigenvalue weighted by Gasteiger charge is -2.20. The number of hydrogen-bond acceptors (Lipinski definition) is 4. The number of amides is 1. The molecule has 2 aromatic rings. The Labute approximate surface area is 150 Å². The van der Waals surface area contributed by atoms with Gasteiger partial charge < -0.3 is 9.80 Å². The van der Waals surface area contributed by atoms with Gasteiger partial charge in [-0.15, -0.1) is 0 Å². The van der Waals surface area contributed by atoms with E-state index in [0.29, 0.717) is 13.0 Å². The molecule has 0 saturated carbocycles. The van der Waals surface area contributed by atoms with Crippen LogP contribution >= 0.6 is 0 Å². The van der Waals surface area contributed by atoms with Gasteiger partial charge in [0.15, 0.2) is 0 Å². The third-order valence-electron chi connectivity index (χ3n) is 4.47. The summed E-state index contributed by atoms with van der Waals surface area (Å²) in [5, 5.41) is 4.33. The van der Waals surface area contributed by atoms with Crippen LogP contribution in [0.4, 0.5) is 5.82 Å². The molecule has 0 fully saturated rings. The lowest BCUT2D eigenvalue weighted by molar-refractivity contribution is -0.130. The maximum absolute atomic E-state index is 12.4. The minimum atomic E-state index is 0.143. The highest BCUT2D eigenvalue weighted by atomic mass is 16.2. The molecule has 0 unspecified atom stereocenters. The quantitative estimate of drug-likeness (QED) is 0.739. The van der Waals surface area contributed by atoms with E-state index in [1.165, 1.54) is 0 Å². The fraction of sp³-hybridized carbons (Fsp3) is 0.526. The number of aromatic nitrogens is 3. The summed E-state index contributed by atoms with van der Waals surface area (Å²) in [7, 11) is 3.75. The van der Waals surface area contributed by atoms with Gasteiger partial charge in [0.1, 0.15) is 5.82 Å². The van der Waals surface area contributed by atoms with Gasteiger partial charge in [-0.2, -0.15) is 5.10 Å². The minimum Gasteiger partial charge on any atom is -0.357 e. The summed E-state index contributed by atoms with van der Waals surface area (Å²) in [6.07, 6.45) is 5.03. The first kappa shape index (κ1) is 19.0. The molecule has 6 nitrogen and oxygen atoms in total. The Morgan fingerprint density at radius 2 is 2.00 bits per heavy atom. The van der Waals surface area contributed by atoms with E-state index < -0.39 is 0 Å². The maximum atomic E-state index is 12.4. The lowest BCUT2D eigenvalue weighted by atomic mass is 10.1. The fourth-order valence-electron chi connectivity index (χ4n) is 2.93. The molecule has 0 bridgehead atoms. The molecule has 6 heteroatoms. The summed E-state index contributed by atoms with van der Waals surface area (Å²) in [6.45, 7) is 8.67. The van der Waals surface area contributed by atoms with Crippen molar-refractivity contribution in [2.45, 2.75) is 40.2 Å². The summed E-state index contributed by atoms with van der Waals surface area (Å²) >= 11 is 0. The second-order valence-electron chi connectivity index (χ2n) is 6.36. The third kappa shape index (κ3) is 5.05. The predicted octanol–water partition coefficient (Wildman–Crippen LogP) is 2.56. The number of nitrogens with zero attached hydrogens (tertiary/aromatic N) is 5. The van der Waals surface area contributed by atoms with Gasteiger partial charge in [0, 0.05) is 58.1 Å². The van der Waals surface area contributed by atoms with Crippen molar-refractivity contribution in [1.29, 1.82) is 0 Å². The highest BCUT2D eigenvalue weighted by molar-refractivity contribution is 5.76. The van der Waals surface area contributed by atoms with E-state index in [1.807, 2.05) is 39.5 Å². The van der Waals surface area contributed by atoms with Crippen LogP contribution in [0, 0.1) is 6.92 Å². The largest absolute Gasteiger partial charge is 0.357 e. The van der Waals surface area contributed by atoms with Crippen molar-refractivity contribution in [1.82, 2.24) is 19.7 Å². The Morgan fingerprint density at radius 3 is 2.60 bits per heavy atom. The van der Waals surface area contributed by atoms with Gasteiger partial charge in [-0.25, -0.2) is 4.98 Å². The van der Waals surface area contributed by atoms with Crippen molar-refractivity contribution >= 4 is 11.7 Å². The zero-order chi connectivity index (χ0) is 18.4. The number of aryl methyl sites for hydroxylation is 3. The van der Waals surface area contributed by atoms with Gasteiger partial charge in [0.2, 0.25) is 5.91 Å². The zero-order valence-corrected chi connectivity index (χ0v) is 16.0. The zero-order valence-electron chi connectivity index (χ0n) is 16.0. The molecule has 1 amide bonds. The van der Waals surface area contributed by atoms with E-state index in [1.54, 1.807) is 9.58 Å². The van der Waals surface area contributed by atoms with Crippen LogP contribution in [-0.2, 0) is 24.8 Å². The Bertz CT molecular complexity index is 706. The smallest absolute Gasteiger partial charge is 0.222 e. The van der Waals surface area contributed by atoms with Crippen molar-refractivity contribution in [2.75, 3.05) is 25.0 Å². The molecule has 0 N–H and O–H groups in total. The van der Waals surface area contributed by atoms with Gasteiger partial charge in [-0.3, -0.25) is 9.48 Å². The number of hydrogen-bond donors (Lipinski definition) is 0. The molecule has 0 aliphatic heterocycles. The second kappa shape index (κ2) is 8.65. The Hall–Kier alpha value is -2.37. The molecule has 2 heterocycles. The third-order valence-corrected chi connectivity index (χ3v) is 4.47. The van der Waals surface area contributed by atoms with Crippen LogP contribution in [0.2, 0.25) is 0 Å². The van der Waals surface area contributed by atoms with Crippen LogP contribution in [0.1, 0.15) is 37.1 Å². The molecule has 0 radical (unpaired) electrons. The molecule has 2 aromatic heterocycles. The van der Waals surface area contributed by atoms with Gasteiger partial charge >= 0.3 is 0 Å². The minimum absolute atomic E-state index is 0.143. The van der Waals surface area contributed by atoms with Crippen LogP contribution in [0.15, 0.2) is 24.5 Å². The average Bonchev–Trinajstić information content (AvgIpc) is 2.91. The van der Waals surface area contributed by atoms with Crippen LogP contribution < -0.4 is 4.90 Å². The number of pyridine rings is 1. The van der Waals surface area contributed by atoms with E-state index >= 15 is 0 Å². The highest BCUT2D eigenvalue weighted by Gasteiger charge is 2.13. The molecule has 2 rings (SSSR count). The summed E-state index contributed by atoms with van der Waals surface area (Å²) in [6, 6.07) is 4.08. The molecule has 0 aliphatic carbocycles. The maximum Gasteiger partial charge on any atom is 0.222 e. The van der Waals surface area contributed by atoms with Gasteiger partial charge in [-0.1, -0.05) is 0 Å².